The molecule has 0 amide bonds. The second-order valence-corrected chi connectivity index (χ2v) is 9.32. The summed E-state index contributed by atoms with van der Waals surface area (Å²) in [6.45, 7) is 7.05. The van der Waals surface area contributed by atoms with Crippen LogP contribution in [0.1, 0.15) is 52.4 Å². The molecule has 4 nitrogen and oxygen atoms in total. The maximum absolute atomic E-state index is 11.6. The van der Waals surface area contributed by atoms with Gasteiger partial charge in [-0.2, -0.15) is 0 Å². The van der Waals surface area contributed by atoms with Gasteiger partial charge in [-0.3, -0.25) is 4.90 Å². The van der Waals surface area contributed by atoms with Crippen LogP contribution >= 0.6 is 0 Å². The molecule has 2 unspecified atom stereocenters. The third-order valence-electron chi connectivity index (χ3n) is 5.29. The third kappa shape index (κ3) is 5.22. The Hall–Kier alpha value is -0.130. The molecule has 1 heterocycles. The Balaban J connectivity index is 1.80. The molecule has 1 saturated carbocycles. The molecule has 1 N–H and O–H groups in total. The molecule has 124 valence electrons. The number of rotatable bonds is 6. The summed E-state index contributed by atoms with van der Waals surface area (Å²) in [4.78, 5) is 2.50. The molecule has 0 radical (unpaired) electrons. The average Bonchev–Trinajstić information content (AvgIpc) is 2.50. The van der Waals surface area contributed by atoms with Crippen molar-refractivity contribution in [2.24, 2.45) is 5.92 Å². The van der Waals surface area contributed by atoms with Gasteiger partial charge >= 0.3 is 0 Å². The summed E-state index contributed by atoms with van der Waals surface area (Å²) >= 11 is 0. The lowest BCUT2D eigenvalue weighted by Crippen LogP contribution is -2.58. The molecule has 2 rings (SSSR count). The van der Waals surface area contributed by atoms with Crippen molar-refractivity contribution in [3.63, 3.8) is 0 Å². The molecule has 2 aliphatic rings. The molecule has 0 aromatic heterocycles. The Morgan fingerprint density at radius 3 is 2.57 bits per heavy atom. The number of nitrogens with zero attached hydrogens (tertiary/aromatic N) is 1. The first-order chi connectivity index (χ1) is 10.0. The minimum atomic E-state index is -2.81. The van der Waals surface area contributed by atoms with Crippen molar-refractivity contribution in [2.75, 3.05) is 31.1 Å². The van der Waals surface area contributed by atoms with Gasteiger partial charge in [0.2, 0.25) is 0 Å². The van der Waals surface area contributed by atoms with Crippen LogP contribution in [-0.4, -0.2) is 56.5 Å². The van der Waals surface area contributed by atoms with Crippen LogP contribution in [0.3, 0.4) is 0 Å². The fourth-order valence-electron chi connectivity index (χ4n) is 3.74. The van der Waals surface area contributed by atoms with Crippen molar-refractivity contribution in [3.8, 4) is 0 Å². The first kappa shape index (κ1) is 17.2. The highest BCUT2D eigenvalue weighted by Crippen LogP contribution is 2.28. The zero-order valence-electron chi connectivity index (χ0n) is 13.7. The van der Waals surface area contributed by atoms with Crippen molar-refractivity contribution >= 4 is 9.84 Å². The lowest BCUT2D eigenvalue weighted by Gasteiger charge is -2.43. The molecule has 0 aromatic rings. The van der Waals surface area contributed by atoms with Crippen molar-refractivity contribution in [1.29, 1.82) is 0 Å². The van der Waals surface area contributed by atoms with E-state index in [0.29, 0.717) is 17.8 Å². The van der Waals surface area contributed by atoms with E-state index in [9.17, 15) is 8.42 Å². The minimum absolute atomic E-state index is 0.273. The van der Waals surface area contributed by atoms with E-state index in [1.54, 1.807) is 6.92 Å². The quantitative estimate of drug-likeness (QED) is 0.815. The number of piperazine rings is 1. The average molecular weight is 317 g/mol. The van der Waals surface area contributed by atoms with Gasteiger partial charge in [-0.15, -0.1) is 0 Å². The van der Waals surface area contributed by atoms with Gasteiger partial charge in [0.15, 0.2) is 0 Å². The van der Waals surface area contributed by atoms with Gasteiger partial charge < -0.3 is 5.32 Å². The highest BCUT2D eigenvalue weighted by Gasteiger charge is 2.30. The van der Waals surface area contributed by atoms with Crippen LogP contribution in [0, 0.1) is 5.92 Å². The van der Waals surface area contributed by atoms with Gasteiger partial charge in [0.25, 0.3) is 0 Å². The number of hydrogen-bond donors (Lipinski definition) is 1. The molecule has 0 bridgehead atoms. The van der Waals surface area contributed by atoms with E-state index in [-0.39, 0.29) is 5.75 Å². The van der Waals surface area contributed by atoms with E-state index in [1.807, 2.05) is 0 Å². The summed E-state index contributed by atoms with van der Waals surface area (Å²) < 4.78 is 23.2. The smallest absolute Gasteiger partial charge is 0.150 e. The summed E-state index contributed by atoms with van der Waals surface area (Å²) in [5.41, 5.74) is 0. The van der Waals surface area contributed by atoms with Crippen molar-refractivity contribution < 1.29 is 8.42 Å². The van der Waals surface area contributed by atoms with Crippen LogP contribution in [-0.2, 0) is 9.84 Å². The molecular weight excluding hydrogens is 284 g/mol. The standard InChI is InChI=1S/C16H32N2O2S/c1-3-21(19,20)11-7-10-18-13-16(17-12-14(18)2)15-8-5-4-6-9-15/h14-17H,3-13H2,1-2H3. The molecule has 1 aliphatic heterocycles. The molecule has 1 aliphatic carbocycles. The SMILES string of the molecule is CCS(=O)(=O)CCCN1CC(C2CCCCC2)NCC1C. The van der Waals surface area contributed by atoms with E-state index in [1.165, 1.54) is 32.1 Å². The number of hydrogen-bond acceptors (Lipinski definition) is 4. The van der Waals surface area contributed by atoms with E-state index >= 15 is 0 Å². The predicted molar refractivity (Wildman–Crippen MR) is 88.3 cm³/mol. The van der Waals surface area contributed by atoms with Gasteiger partial charge in [-0.25, -0.2) is 8.42 Å². The monoisotopic (exact) mass is 316 g/mol. The second kappa shape index (κ2) is 7.93. The van der Waals surface area contributed by atoms with Crippen LogP contribution < -0.4 is 5.32 Å². The van der Waals surface area contributed by atoms with Crippen molar-refractivity contribution in [1.82, 2.24) is 10.2 Å². The fraction of sp³-hybridized carbons (Fsp3) is 1.00. The first-order valence-corrected chi connectivity index (χ1v) is 10.5. The molecule has 2 fully saturated rings. The van der Waals surface area contributed by atoms with Crippen LogP contribution in [0.15, 0.2) is 0 Å². The third-order valence-corrected chi connectivity index (χ3v) is 7.08. The zero-order valence-corrected chi connectivity index (χ0v) is 14.5. The topological polar surface area (TPSA) is 49.4 Å². The summed E-state index contributed by atoms with van der Waals surface area (Å²) in [6, 6.07) is 1.14. The minimum Gasteiger partial charge on any atom is -0.311 e. The van der Waals surface area contributed by atoms with Gasteiger partial charge in [-0.1, -0.05) is 26.2 Å². The van der Waals surface area contributed by atoms with Gasteiger partial charge in [0.05, 0.1) is 5.75 Å². The highest BCUT2D eigenvalue weighted by molar-refractivity contribution is 7.91. The summed E-state index contributed by atoms with van der Waals surface area (Å²) in [5, 5.41) is 3.73. The molecular formula is C16H32N2O2S. The van der Waals surface area contributed by atoms with Gasteiger partial charge in [0.1, 0.15) is 9.84 Å². The predicted octanol–water partition coefficient (Wildman–Crippen LogP) is 2.05. The number of sulfone groups is 1. The van der Waals surface area contributed by atoms with Crippen LogP contribution in [0.4, 0.5) is 0 Å². The Labute approximate surface area is 130 Å². The van der Waals surface area contributed by atoms with Crippen molar-refractivity contribution in [2.45, 2.75) is 64.5 Å². The molecule has 0 aromatic carbocycles. The Bertz CT molecular complexity index is 405. The van der Waals surface area contributed by atoms with Crippen LogP contribution in [0.5, 0.6) is 0 Å². The Kier molecular flexibility index (Phi) is 6.51. The van der Waals surface area contributed by atoms with Crippen LogP contribution in [0.25, 0.3) is 0 Å². The Morgan fingerprint density at radius 1 is 1.19 bits per heavy atom. The highest BCUT2D eigenvalue weighted by atomic mass is 32.2. The first-order valence-electron chi connectivity index (χ1n) is 8.69. The Morgan fingerprint density at radius 2 is 1.90 bits per heavy atom. The van der Waals surface area contributed by atoms with Crippen LogP contribution in [0.2, 0.25) is 0 Å². The van der Waals surface area contributed by atoms with E-state index in [2.05, 4.69) is 17.1 Å². The molecule has 1 saturated heterocycles. The van der Waals surface area contributed by atoms with Gasteiger partial charge in [0, 0.05) is 30.9 Å². The fourth-order valence-corrected chi connectivity index (χ4v) is 4.60. The lowest BCUT2D eigenvalue weighted by molar-refractivity contribution is 0.105. The van der Waals surface area contributed by atoms with E-state index in [4.69, 9.17) is 0 Å². The number of nitrogens with one attached hydrogen (secondary N) is 1. The molecule has 0 spiro atoms. The zero-order chi connectivity index (χ0) is 15.3. The summed E-state index contributed by atoms with van der Waals surface area (Å²) in [6.07, 6.45) is 7.67. The lowest BCUT2D eigenvalue weighted by atomic mass is 9.82. The second-order valence-electron chi connectivity index (χ2n) is 6.85. The summed E-state index contributed by atoms with van der Waals surface area (Å²) in [7, 11) is -2.81. The van der Waals surface area contributed by atoms with E-state index < -0.39 is 9.84 Å². The van der Waals surface area contributed by atoms with E-state index in [0.717, 1.165) is 32.0 Å². The van der Waals surface area contributed by atoms with Crippen molar-refractivity contribution in [3.05, 3.63) is 0 Å². The molecule has 21 heavy (non-hydrogen) atoms. The summed E-state index contributed by atoms with van der Waals surface area (Å²) in [5.74, 6) is 1.44. The van der Waals surface area contributed by atoms with Gasteiger partial charge in [-0.05, 0) is 38.6 Å². The largest absolute Gasteiger partial charge is 0.311 e. The molecule has 2 atom stereocenters. The normalized spacial score (nSPS) is 29.6. The maximum atomic E-state index is 11.6. The molecule has 5 heteroatoms. The maximum Gasteiger partial charge on any atom is 0.150 e.